The summed E-state index contributed by atoms with van der Waals surface area (Å²) in [6.07, 6.45) is 17.7. The first kappa shape index (κ1) is 29.1. The molecule has 0 aliphatic carbocycles. The number of hydrogen-bond acceptors (Lipinski definition) is 2. The molecule has 0 heterocycles. The van der Waals surface area contributed by atoms with E-state index in [4.69, 9.17) is 0 Å². The summed E-state index contributed by atoms with van der Waals surface area (Å²) >= 11 is 0. The minimum Gasteiger partial charge on any atom is -0.291 e. The Morgan fingerprint density at radius 2 is 1.28 bits per heavy atom. The molecular formula is C27H50NO3S+. The van der Waals surface area contributed by atoms with Crippen LogP contribution in [0.25, 0.3) is 0 Å². The van der Waals surface area contributed by atoms with Gasteiger partial charge in [-0.3, -0.25) is 9.04 Å². The van der Waals surface area contributed by atoms with E-state index in [1.165, 1.54) is 88.3 Å². The molecule has 32 heavy (non-hydrogen) atoms. The second-order valence-electron chi connectivity index (χ2n) is 10.6. The third kappa shape index (κ3) is 10.8. The van der Waals surface area contributed by atoms with E-state index in [-0.39, 0.29) is 11.3 Å². The van der Waals surface area contributed by atoms with Gasteiger partial charge >= 0.3 is 0 Å². The predicted molar refractivity (Wildman–Crippen MR) is 140 cm³/mol. The van der Waals surface area contributed by atoms with Gasteiger partial charge in [0.05, 0.1) is 25.4 Å². The van der Waals surface area contributed by atoms with E-state index in [0.29, 0.717) is 10.9 Å². The molecule has 4 nitrogen and oxygen atoms in total. The van der Waals surface area contributed by atoms with Crippen LogP contribution < -0.4 is 4.48 Å². The third-order valence-electron chi connectivity index (χ3n) is 7.38. The maximum atomic E-state index is 11.3. The van der Waals surface area contributed by atoms with Crippen molar-refractivity contribution in [3.63, 3.8) is 0 Å². The molecule has 5 heteroatoms. The van der Waals surface area contributed by atoms with E-state index < -0.39 is 10.1 Å². The van der Waals surface area contributed by atoms with E-state index in [1.54, 1.807) is 0 Å². The first-order valence-electron chi connectivity index (χ1n) is 12.9. The number of rotatable bonds is 18. The molecule has 1 aromatic carbocycles. The maximum Gasteiger partial charge on any atom is 0.265 e. The molecule has 0 aliphatic rings. The maximum absolute atomic E-state index is 11.3. The Morgan fingerprint density at radius 1 is 0.812 bits per heavy atom. The molecule has 0 saturated heterocycles. The Morgan fingerprint density at radius 3 is 1.78 bits per heavy atom. The summed E-state index contributed by atoms with van der Waals surface area (Å²) in [5, 5.41) is 0. The zero-order chi connectivity index (χ0) is 24.1. The smallest absolute Gasteiger partial charge is 0.265 e. The summed E-state index contributed by atoms with van der Waals surface area (Å²) in [6, 6.07) is 8.56. The predicted octanol–water partition coefficient (Wildman–Crippen LogP) is 7.55. The summed E-state index contributed by atoms with van der Waals surface area (Å²) in [5.41, 5.74) is 2.28. The van der Waals surface area contributed by atoms with Crippen molar-refractivity contribution in [3.8, 4) is 0 Å². The number of quaternary nitrogens is 1. The van der Waals surface area contributed by atoms with Crippen LogP contribution in [0.3, 0.4) is 0 Å². The van der Waals surface area contributed by atoms with E-state index >= 15 is 0 Å². The van der Waals surface area contributed by atoms with Crippen molar-refractivity contribution in [1.82, 2.24) is 4.48 Å². The van der Waals surface area contributed by atoms with Crippen LogP contribution in [-0.4, -0.2) is 38.4 Å². The van der Waals surface area contributed by atoms with Crippen LogP contribution >= 0.6 is 0 Å². The summed E-state index contributed by atoms with van der Waals surface area (Å²) in [5.74, 6) is -0.206. The van der Waals surface area contributed by atoms with Gasteiger partial charge in [0.15, 0.2) is 0 Å². The summed E-state index contributed by atoms with van der Waals surface area (Å²) in [7, 11) is 0.333. The van der Waals surface area contributed by atoms with Crippen LogP contribution in [0.2, 0.25) is 0 Å². The topological polar surface area (TPSA) is 54.4 Å². The van der Waals surface area contributed by atoms with Gasteiger partial charge in [-0.15, -0.1) is 0 Å². The molecule has 0 spiro atoms. The molecule has 0 bridgehead atoms. The fourth-order valence-electron chi connectivity index (χ4n) is 4.41. The van der Waals surface area contributed by atoms with Gasteiger partial charge in [-0.25, -0.2) is 0 Å². The molecule has 1 aromatic rings. The van der Waals surface area contributed by atoms with Gasteiger partial charge in [-0.2, -0.15) is 8.42 Å². The number of benzene rings is 1. The summed E-state index contributed by atoms with van der Waals surface area (Å²) in [4.78, 5) is 0. The number of aryl methyl sites for hydroxylation is 1. The molecule has 0 aliphatic heterocycles. The van der Waals surface area contributed by atoms with E-state index in [0.717, 1.165) is 6.42 Å². The lowest BCUT2D eigenvalue weighted by atomic mass is 9.93. The van der Waals surface area contributed by atoms with Crippen LogP contribution in [0.15, 0.2) is 24.3 Å². The normalized spacial score (nSPS) is 12.9. The highest BCUT2D eigenvalue weighted by Gasteiger charge is 2.40. The third-order valence-corrected chi connectivity index (χ3v) is 8.10. The van der Waals surface area contributed by atoms with E-state index in [9.17, 15) is 13.0 Å². The molecule has 0 saturated carbocycles. The molecule has 186 valence electrons. The molecule has 1 N–H and O–H groups in total. The van der Waals surface area contributed by atoms with Gasteiger partial charge in [0.25, 0.3) is 10.1 Å². The number of hydrogen-bond donors (Lipinski definition) is 1. The molecule has 0 fully saturated rings. The van der Waals surface area contributed by atoms with Gasteiger partial charge < -0.3 is 0 Å². The lowest BCUT2D eigenvalue weighted by molar-refractivity contribution is 0.189. The minimum absolute atomic E-state index is 0.206. The summed E-state index contributed by atoms with van der Waals surface area (Å²) < 4.78 is 32.4. The van der Waals surface area contributed by atoms with Crippen LogP contribution in [0.5, 0.6) is 0 Å². The number of para-hydroxylation sites is 1. The second kappa shape index (κ2) is 14.4. The first-order valence-corrected chi connectivity index (χ1v) is 14.5. The fraction of sp³-hybridized carbons (Fsp3) is 0.778. The fourth-order valence-corrected chi connectivity index (χ4v) is 5.17. The Bertz CT molecular complexity index is 741. The summed E-state index contributed by atoms with van der Waals surface area (Å²) in [6.45, 7) is 6.44. The lowest BCUT2D eigenvalue weighted by Crippen LogP contribution is -2.58. The highest BCUT2D eigenvalue weighted by molar-refractivity contribution is 7.85. The minimum atomic E-state index is -3.95. The van der Waals surface area contributed by atoms with Crippen LogP contribution in [-0.2, 0) is 16.5 Å². The molecule has 0 unspecified atom stereocenters. The van der Waals surface area contributed by atoms with Crippen LogP contribution in [0.1, 0.15) is 110 Å². The largest absolute Gasteiger partial charge is 0.291 e. The monoisotopic (exact) mass is 468 g/mol. The van der Waals surface area contributed by atoms with E-state index in [2.05, 4.69) is 59.1 Å². The Kier molecular flexibility index (Phi) is 13.1. The van der Waals surface area contributed by atoms with Gasteiger partial charge in [-0.05, 0) is 32.8 Å². The standard InChI is InChI=1S/C27H49NO3S/c1-6-7-8-9-10-11-12-13-14-15-16-17-20-25-21-18-19-22-26(25)28(4,5)27(2,3)23-24-32(29,30)31/h18-19,21-22H,6-17,20,23-24H2,1-5H3/p+1. The zero-order valence-corrected chi connectivity index (χ0v) is 22.4. The van der Waals surface area contributed by atoms with Gasteiger partial charge in [0, 0.05) is 12.0 Å². The van der Waals surface area contributed by atoms with Crippen molar-refractivity contribution in [2.45, 2.75) is 116 Å². The Balaban J connectivity index is 2.45. The highest BCUT2D eigenvalue weighted by atomic mass is 32.2. The van der Waals surface area contributed by atoms with Crippen molar-refractivity contribution in [2.24, 2.45) is 0 Å². The molecular weight excluding hydrogens is 418 g/mol. The molecule has 1 rings (SSSR count). The molecule has 0 atom stereocenters. The highest BCUT2D eigenvalue weighted by Crippen LogP contribution is 2.35. The van der Waals surface area contributed by atoms with Gasteiger partial charge in [-0.1, -0.05) is 95.8 Å². The Labute approximate surface area is 199 Å². The van der Waals surface area contributed by atoms with Gasteiger partial charge in [0.1, 0.15) is 5.69 Å². The average molecular weight is 469 g/mol. The van der Waals surface area contributed by atoms with Crippen molar-refractivity contribution in [2.75, 3.05) is 19.8 Å². The van der Waals surface area contributed by atoms with Crippen molar-refractivity contribution in [1.29, 1.82) is 0 Å². The molecule has 0 amide bonds. The van der Waals surface area contributed by atoms with Crippen molar-refractivity contribution in [3.05, 3.63) is 29.8 Å². The van der Waals surface area contributed by atoms with Crippen LogP contribution in [0, 0.1) is 0 Å². The van der Waals surface area contributed by atoms with Crippen LogP contribution in [0.4, 0.5) is 5.69 Å². The van der Waals surface area contributed by atoms with Crippen molar-refractivity contribution >= 4 is 15.8 Å². The lowest BCUT2D eigenvalue weighted by Gasteiger charge is -2.45. The second-order valence-corrected chi connectivity index (χ2v) is 12.1. The van der Waals surface area contributed by atoms with Gasteiger partial charge in [0.2, 0.25) is 0 Å². The molecule has 0 aromatic heterocycles. The molecule has 0 radical (unpaired) electrons. The SMILES string of the molecule is CCCCCCCCCCCCCCc1ccccc1[N+](C)(C)C(C)(C)CCS(=O)(=O)O. The number of unbranched alkanes of at least 4 members (excludes halogenated alkanes) is 11. The van der Waals surface area contributed by atoms with E-state index in [1.807, 2.05) is 0 Å². The average Bonchev–Trinajstić information content (AvgIpc) is 2.73. The number of nitrogens with zero attached hydrogens (tertiary/aromatic N) is 1. The quantitative estimate of drug-likeness (QED) is 0.137. The van der Waals surface area contributed by atoms with Crippen molar-refractivity contribution < 1.29 is 13.0 Å². The Hall–Kier alpha value is -0.910. The first-order chi connectivity index (χ1) is 15.0. The zero-order valence-electron chi connectivity index (χ0n) is 21.5.